The Labute approximate surface area is 102 Å². The summed E-state index contributed by atoms with van der Waals surface area (Å²) in [5.41, 5.74) is 0. The maximum absolute atomic E-state index is 11.6. The largest absolute Gasteiger partial charge is 0.335 e. The van der Waals surface area contributed by atoms with Crippen LogP contribution in [0.2, 0.25) is 0 Å². The molecule has 1 aromatic rings. The molecule has 5 nitrogen and oxygen atoms in total. The van der Waals surface area contributed by atoms with Crippen molar-refractivity contribution in [3.8, 4) is 0 Å². The van der Waals surface area contributed by atoms with Gasteiger partial charge in [0.2, 0.25) is 0 Å². The van der Waals surface area contributed by atoms with E-state index in [2.05, 4.69) is 36.5 Å². The van der Waals surface area contributed by atoms with E-state index in [1.807, 2.05) is 0 Å². The van der Waals surface area contributed by atoms with Crippen LogP contribution in [0.1, 0.15) is 25.7 Å². The van der Waals surface area contributed by atoms with Crippen LogP contribution in [-0.4, -0.2) is 22.0 Å². The van der Waals surface area contributed by atoms with Crippen molar-refractivity contribution in [2.24, 2.45) is 0 Å². The Bertz CT molecular complexity index is 362. The van der Waals surface area contributed by atoms with Crippen molar-refractivity contribution < 1.29 is 4.79 Å². The molecule has 2 rings (SSSR count). The molecule has 0 saturated heterocycles. The van der Waals surface area contributed by atoms with E-state index in [4.69, 9.17) is 0 Å². The molecule has 1 aliphatic rings. The Morgan fingerprint density at radius 1 is 1.31 bits per heavy atom. The number of urea groups is 1. The van der Waals surface area contributed by atoms with Crippen LogP contribution in [0.25, 0.3) is 0 Å². The zero-order chi connectivity index (χ0) is 11.4. The number of nitrogens with one attached hydrogen (secondary N) is 2. The number of rotatable bonds is 2. The van der Waals surface area contributed by atoms with Crippen molar-refractivity contribution in [3.63, 3.8) is 0 Å². The SMILES string of the molecule is O=C(Nc1cnc(Br)cn1)NC1CCCC1. The van der Waals surface area contributed by atoms with Crippen molar-refractivity contribution >= 4 is 27.8 Å². The molecule has 0 aliphatic heterocycles. The number of nitrogens with zero attached hydrogens (tertiary/aromatic N) is 2. The first kappa shape index (κ1) is 11.3. The van der Waals surface area contributed by atoms with E-state index < -0.39 is 0 Å². The molecule has 0 bridgehead atoms. The maximum Gasteiger partial charge on any atom is 0.320 e. The van der Waals surface area contributed by atoms with Crippen LogP contribution in [0.15, 0.2) is 17.0 Å². The van der Waals surface area contributed by atoms with Gasteiger partial charge in [0.15, 0.2) is 5.82 Å². The van der Waals surface area contributed by atoms with Gasteiger partial charge < -0.3 is 5.32 Å². The van der Waals surface area contributed by atoms with Gasteiger partial charge in [0.05, 0.1) is 12.4 Å². The molecule has 2 N–H and O–H groups in total. The van der Waals surface area contributed by atoms with Crippen LogP contribution >= 0.6 is 15.9 Å². The number of halogens is 1. The number of aromatic nitrogens is 2. The van der Waals surface area contributed by atoms with E-state index in [9.17, 15) is 4.79 Å². The monoisotopic (exact) mass is 284 g/mol. The highest BCUT2D eigenvalue weighted by Crippen LogP contribution is 2.17. The molecule has 0 unspecified atom stereocenters. The van der Waals surface area contributed by atoms with Crippen molar-refractivity contribution in [2.75, 3.05) is 5.32 Å². The molecule has 1 heterocycles. The highest BCUT2D eigenvalue weighted by molar-refractivity contribution is 9.10. The first-order valence-corrected chi connectivity index (χ1v) is 6.08. The average Bonchev–Trinajstić information content (AvgIpc) is 2.74. The fourth-order valence-corrected chi connectivity index (χ4v) is 1.99. The molecule has 1 aromatic heterocycles. The second kappa shape index (κ2) is 5.25. The summed E-state index contributed by atoms with van der Waals surface area (Å²) in [4.78, 5) is 19.5. The summed E-state index contributed by atoms with van der Waals surface area (Å²) in [6.07, 6.45) is 7.59. The van der Waals surface area contributed by atoms with E-state index in [1.54, 1.807) is 6.20 Å². The number of hydrogen-bond donors (Lipinski definition) is 2. The minimum Gasteiger partial charge on any atom is -0.335 e. The van der Waals surface area contributed by atoms with E-state index in [0.29, 0.717) is 16.5 Å². The van der Waals surface area contributed by atoms with E-state index in [-0.39, 0.29) is 6.03 Å². The Kier molecular flexibility index (Phi) is 3.71. The summed E-state index contributed by atoms with van der Waals surface area (Å²) in [5, 5.41) is 5.56. The number of carbonyl (C=O) groups excluding carboxylic acids is 1. The van der Waals surface area contributed by atoms with Gasteiger partial charge >= 0.3 is 6.03 Å². The minimum atomic E-state index is -0.205. The summed E-state index contributed by atoms with van der Waals surface area (Å²) < 4.78 is 0.647. The topological polar surface area (TPSA) is 66.9 Å². The molecule has 2 amide bonds. The van der Waals surface area contributed by atoms with Crippen LogP contribution in [0.4, 0.5) is 10.6 Å². The summed E-state index contributed by atoms with van der Waals surface area (Å²) in [7, 11) is 0. The molecule has 1 fully saturated rings. The van der Waals surface area contributed by atoms with Crippen LogP contribution in [-0.2, 0) is 0 Å². The normalized spacial score (nSPS) is 16.1. The molecule has 86 valence electrons. The molecule has 0 aromatic carbocycles. The van der Waals surface area contributed by atoms with Crippen LogP contribution < -0.4 is 10.6 Å². The Morgan fingerprint density at radius 2 is 2.06 bits per heavy atom. The van der Waals surface area contributed by atoms with Crippen LogP contribution in [0.5, 0.6) is 0 Å². The van der Waals surface area contributed by atoms with Crippen molar-refractivity contribution in [1.29, 1.82) is 0 Å². The van der Waals surface area contributed by atoms with Crippen LogP contribution in [0.3, 0.4) is 0 Å². The smallest absolute Gasteiger partial charge is 0.320 e. The van der Waals surface area contributed by atoms with Gasteiger partial charge in [0.1, 0.15) is 4.60 Å². The lowest BCUT2D eigenvalue weighted by molar-refractivity contribution is 0.248. The lowest BCUT2D eigenvalue weighted by atomic mass is 10.3. The molecule has 0 radical (unpaired) electrons. The van der Waals surface area contributed by atoms with Gasteiger partial charge in [-0.3, -0.25) is 5.32 Å². The quantitative estimate of drug-likeness (QED) is 0.876. The molecule has 0 atom stereocenters. The van der Waals surface area contributed by atoms with E-state index in [0.717, 1.165) is 12.8 Å². The Hall–Kier alpha value is -1.17. The molecular formula is C10H13BrN4O. The third-order valence-corrected chi connectivity index (χ3v) is 2.96. The lowest BCUT2D eigenvalue weighted by Crippen LogP contribution is -2.36. The third-order valence-electron chi connectivity index (χ3n) is 2.55. The van der Waals surface area contributed by atoms with Crippen LogP contribution in [0, 0.1) is 0 Å². The van der Waals surface area contributed by atoms with Gasteiger partial charge in [-0.15, -0.1) is 0 Å². The predicted molar refractivity (Wildman–Crippen MR) is 64.1 cm³/mol. The van der Waals surface area contributed by atoms with E-state index in [1.165, 1.54) is 19.0 Å². The average molecular weight is 285 g/mol. The first-order valence-electron chi connectivity index (χ1n) is 5.29. The first-order chi connectivity index (χ1) is 7.74. The number of carbonyl (C=O) groups is 1. The Balaban J connectivity index is 1.84. The van der Waals surface area contributed by atoms with Crippen molar-refractivity contribution in [3.05, 3.63) is 17.0 Å². The summed E-state index contributed by atoms with van der Waals surface area (Å²) >= 11 is 3.18. The molecule has 0 spiro atoms. The van der Waals surface area contributed by atoms with Gasteiger partial charge in [0.25, 0.3) is 0 Å². The lowest BCUT2D eigenvalue weighted by Gasteiger charge is -2.12. The summed E-state index contributed by atoms with van der Waals surface area (Å²) in [6.45, 7) is 0. The number of hydrogen-bond acceptors (Lipinski definition) is 3. The molecule has 16 heavy (non-hydrogen) atoms. The fraction of sp³-hybridized carbons (Fsp3) is 0.500. The van der Waals surface area contributed by atoms with Gasteiger partial charge in [-0.05, 0) is 28.8 Å². The van der Waals surface area contributed by atoms with Crippen molar-refractivity contribution in [1.82, 2.24) is 15.3 Å². The summed E-state index contributed by atoms with van der Waals surface area (Å²) in [5.74, 6) is 0.457. The molecule has 1 saturated carbocycles. The number of amides is 2. The molecular weight excluding hydrogens is 272 g/mol. The van der Waals surface area contributed by atoms with Gasteiger partial charge in [-0.1, -0.05) is 12.8 Å². The highest BCUT2D eigenvalue weighted by Gasteiger charge is 2.17. The zero-order valence-corrected chi connectivity index (χ0v) is 10.3. The number of anilines is 1. The third kappa shape index (κ3) is 3.16. The highest BCUT2D eigenvalue weighted by atomic mass is 79.9. The van der Waals surface area contributed by atoms with Gasteiger partial charge in [-0.25, -0.2) is 14.8 Å². The summed E-state index contributed by atoms with van der Waals surface area (Å²) in [6, 6.07) is 0.104. The maximum atomic E-state index is 11.6. The fourth-order valence-electron chi connectivity index (χ4n) is 1.78. The zero-order valence-electron chi connectivity index (χ0n) is 8.74. The molecule has 6 heteroatoms. The van der Waals surface area contributed by atoms with Gasteiger partial charge in [-0.2, -0.15) is 0 Å². The molecule has 1 aliphatic carbocycles. The Morgan fingerprint density at radius 3 is 2.69 bits per heavy atom. The predicted octanol–water partition coefficient (Wildman–Crippen LogP) is 2.30. The van der Waals surface area contributed by atoms with Gasteiger partial charge in [0, 0.05) is 6.04 Å². The second-order valence-electron chi connectivity index (χ2n) is 3.80. The van der Waals surface area contributed by atoms with E-state index >= 15 is 0 Å². The van der Waals surface area contributed by atoms with Crippen molar-refractivity contribution in [2.45, 2.75) is 31.7 Å². The second-order valence-corrected chi connectivity index (χ2v) is 4.62. The minimum absolute atomic E-state index is 0.205. The standard InChI is InChI=1S/C10H13BrN4O/c11-8-5-13-9(6-12-8)15-10(16)14-7-3-1-2-4-7/h5-7H,1-4H2,(H2,13,14,15,16).